The van der Waals surface area contributed by atoms with E-state index in [-0.39, 0.29) is 24.9 Å². The molecule has 36 heavy (non-hydrogen) atoms. The zero-order valence-electron chi connectivity index (χ0n) is 19.5. The minimum Gasteiger partial charge on any atom is -0.496 e. The van der Waals surface area contributed by atoms with Crippen LogP contribution in [0.3, 0.4) is 0 Å². The van der Waals surface area contributed by atoms with Gasteiger partial charge in [-0.1, -0.05) is 65.7 Å². The van der Waals surface area contributed by atoms with Crippen LogP contribution in [0.25, 0.3) is 10.9 Å². The number of aromatic nitrogens is 1. The molecule has 2 aliphatic heterocycles. The topological polar surface area (TPSA) is 65.6 Å². The molecule has 3 heterocycles. The maximum absolute atomic E-state index is 13.9. The smallest absolute Gasteiger partial charge is 0.246 e. The number of para-hydroxylation sites is 2. The van der Waals surface area contributed by atoms with E-state index in [1.807, 2.05) is 48.5 Å². The largest absolute Gasteiger partial charge is 0.496 e. The molecule has 2 atom stereocenters. The lowest BCUT2D eigenvalue weighted by Crippen LogP contribution is -2.62. The number of carbonyl (C=O) groups is 2. The molecule has 6 nitrogen and oxygen atoms in total. The van der Waals surface area contributed by atoms with Crippen molar-refractivity contribution in [2.45, 2.75) is 25.0 Å². The minimum absolute atomic E-state index is 0.0171. The van der Waals surface area contributed by atoms with Crippen LogP contribution in [0.4, 0.5) is 0 Å². The van der Waals surface area contributed by atoms with Gasteiger partial charge in [-0.05, 0) is 35.4 Å². The summed E-state index contributed by atoms with van der Waals surface area (Å²) in [6, 6.07) is 19.9. The molecule has 3 aromatic carbocycles. The molecule has 1 aromatic heterocycles. The fourth-order valence-corrected chi connectivity index (χ4v) is 5.85. The third-order valence-electron chi connectivity index (χ3n) is 7.13. The first-order valence-electron chi connectivity index (χ1n) is 11.7. The zero-order valence-corrected chi connectivity index (χ0v) is 21.0. The number of piperazine rings is 1. The first kappa shape index (κ1) is 23.0. The second kappa shape index (κ2) is 8.87. The number of aromatic amines is 1. The van der Waals surface area contributed by atoms with E-state index in [9.17, 15) is 9.59 Å². The lowest BCUT2D eigenvalue weighted by molar-refractivity contribution is -0.159. The number of halogens is 2. The Labute approximate surface area is 218 Å². The Morgan fingerprint density at radius 1 is 1.00 bits per heavy atom. The number of carbonyl (C=O) groups excluding carboxylic acids is 2. The van der Waals surface area contributed by atoms with Gasteiger partial charge in [0.05, 0.1) is 17.2 Å². The second-order valence-corrected chi connectivity index (χ2v) is 9.99. The Morgan fingerprint density at radius 2 is 1.78 bits per heavy atom. The summed E-state index contributed by atoms with van der Waals surface area (Å²) in [5, 5.41) is 1.93. The van der Waals surface area contributed by atoms with Crippen LogP contribution in [-0.2, 0) is 22.6 Å². The van der Waals surface area contributed by atoms with Crippen molar-refractivity contribution in [1.29, 1.82) is 0 Å². The number of hydrogen-bond donors (Lipinski definition) is 1. The molecule has 8 heteroatoms. The van der Waals surface area contributed by atoms with Crippen molar-refractivity contribution in [3.63, 3.8) is 0 Å². The molecule has 0 spiro atoms. The van der Waals surface area contributed by atoms with Crippen LogP contribution in [0.1, 0.15) is 28.4 Å². The molecular formula is C28H23Cl2N3O3. The standard InChI is InChI=1S/C28H23Cl2N3O3/c1-36-24-9-5-3-7-18(24)27-26-19(17-6-2-4-8-22(17)31-26)13-23-28(35)32(15-25(34)33(23)27)14-16-10-11-20(29)21(30)12-16/h2-12,23,27,31H,13-15H2,1H3/t23-,27?/m0/s1. The highest BCUT2D eigenvalue weighted by molar-refractivity contribution is 6.42. The number of hydrogen-bond acceptors (Lipinski definition) is 3. The molecule has 182 valence electrons. The summed E-state index contributed by atoms with van der Waals surface area (Å²) >= 11 is 12.3. The van der Waals surface area contributed by atoms with Crippen LogP contribution in [0.5, 0.6) is 5.75 Å². The summed E-state index contributed by atoms with van der Waals surface area (Å²) in [4.78, 5) is 34.5. The molecule has 0 saturated carbocycles. The van der Waals surface area contributed by atoms with Crippen molar-refractivity contribution in [1.82, 2.24) is 14.8 Å². The maximum atomic E-state index is 13.9. The van der Waals surface area contributed by atoms with E-state index in [0.717, 1.165) is 33.3 Å². The Bertz CT molecular complexity index is 1520. The van der Waals surface area contributed by atoms with E-state index in [2.05, 4.69) is 11.1 Å². The van der Waals surface area contributed by atoms with Crippen LogP contribution in [-0.4, -0.2) is 46.3 Å². The first-order chi connectivity index (χ1) is 17.5. The molecule has 4 aromatic rings. The molecule has 0 bridgehead atoms. The predicted molar refractivity (Wildman–Crippen MR) is 139 cm³/mol. The number of rotatable bonds is 4. The molecular weight excluding hydrogens is 497 g/mol. The van der Waals surface area contributed by atoms with E-state index >= 15 is 0 Å². The molecule has 0 aliphatic carbocycles. The van der Waals surface area contributed by atoms with E-state index in [0.29, 0.717) is 22.2 Å². The quantitative estimate of drug-likeness (QED) is 0.394. The van der Waals surface area contributed by atoms with Gasteiger partial charge >= 0.3 is 0 Å². The molecule has 2 amide bonds. The van der Waals surface area contributed by atoms with Crippen molar-refractivity contribution >= 4 is 45.9 Å². The maximum Gasteiger partial charge on any atom is 0.246 e. The lowest BCUT2D eigenvalue weighted by atomic mass is 9.86. The van der Waals surface area contributed by atoms with Gasteiger partial charge in [0.2, 0.25) is 11.8 Å². The van der Waals surface area contributed by atoms with Crippen LogP contribution in [0.15, 0.2) is 66.7 Å². The molecule has 1 N–H and O–H groups in total. The Kier molecular flexibility index (Phi) is 5.66. The van der Waals surface area contributed by atoms with Gasteiger partial charge in [-0.25, -0.2) is 0 Å². The van der Waals surface area contributed by atoms with Crippen molar-refractivity contribution in [2.75, 3.05) is 13.7 Å². The van der Waals surface area contributed by atoms with Crippen molar-refractivity contribution in [2.24, 2.45) is 0 Å². The SMILES string of the molecule is COc1ccccc1C1c2[nH]c3ccccc3c2C[C@H]2C(=O)N(Cc3ccc(Cl)c(Cl)c3)CC(=O)N12. The molecule has 1 saturated heterocycles. The highest BCUT2D eigenvalue weighted by Gasteiger charge is 2.48. The van der Waals surface area contributed by atoms with Crippen LogP contribution >= 0.6 is 23.2 Å². The van der Waals surface area contributed by atoms with Gasteiger partial charge in [-0.2, -0.15) is 0 Å². The molecule has 6 rings (SSSR count). The average molecular weight is 520 g/mol. The summed E-state index contributed by atoms with van der Waals surface area (Å²) < 4.78 is 5.68. The van der Waals surface area contributed by atoms with Crippen molar-refractivity contribution < 1.29 is 14.3 Å². The van der Waals surface area contributed by atoms with Gasteiger partial charge in [-0.3, -0.25) is 9.59 Å². The van der Waals surface area contributed by atoms with Crippen LogP contribution in [0, 0.1) is 0 Å². The third kappa shape index (κ3) is 3.64. The predicted octanol–water partition coefficient (Wildman–Crippen LogP) is 5.37. The Hall–Kier alpha value is -3.48. The summed E-state index contributed by atoms with van der Waals surface area (Å²) in [7, 11) is 1.62. The van der Waals surface area contributed by atoms with Gasteiger partial charge in [0, 0.05) is 35.1 Å². The molecule has 2 aliphatic rings. The highest BCUT2D eigenvalue weighted by Crippen LogP contribution is 2.45. The van der Waals surface area contributed by atoms with E-state index in [4.69, 9.17) is 27.9 Å². The van der Waals surface area contributed by atoms with Gasteiger partial charge in [0.25, 0.3) is 0 Å². The first-order valence-corrected chi connectivity index (χ1v) is 12.5. The molecule has 1 unspecified atom stereocenters. The van der Waals surface area contributed by atoms with Gasteiger partial charge in [-0.15, -0.1) is 0 Å². The van der Waals surface area contributed by atoms with Gasteiger partial charge in [0.1, 0.15) is 24.4 Å². The normalized spacial score (nSPS) is 19.4. The number of ether oxygens (including phenoxy) is 1. The number of H-pyrrole nitrogens is 1. The van der Waals surface area contributed by atoms with Crippen molar-refractivity contribution in [3.8, 4) is 5.75 Å². The Balaban J connectivity index is 1.46. The Morgan fingerprint density at radius 3 is 2.58 bits per heavy atom. The number of benzene rings is 3. The zero-order chi connectivity index (χ0) is 25.0. The fraction of sp³-hybridized carbons (Fsp3) is 0.214. The third-order valence-corrected chi connectivity index (χ3v) is 7.87. The summed E-state index contributed by atoms with van der Waals surface area (Å²) in [6.07, 6.45) is 0.438. The summed E-state index contributed by atoms with van der Waals surface area (Å²) in [5.74, 6) is 0.475. The van der Waals surface area contributed by atoms with Crippen LogP contribution in [0.2, 0.25) is 10.0 Å². The van der Waals surface area contributed by atoms with Gasteiger partial charge < -0.3 is 19.5 Å². The second-order valence-electron chi connectivity index (χ2n) is 9.17. The fourth-order valence-electron chi connectivity index (χ4n) is 5.53. The minimum atomic E-state index is -0.629. The van der Waals surface area contributed by atoms with Crippen molar-refractivity contribution in [3.05, 3.63) is 99.2 Å². The number of methoxy groups -OCH3 is 1. The van der Waals surface area contributed by atoms with Crippen LogP contribution < -0.4 is 4.74 Å². The molecule has 1 fully saturated rings. The summed E-state index contributed by atoms with van der Waals surface area (Å²) in [5.41, 5.74) is 4.63. The number of fused-ring (bicyclic) bond motifs is 4. The van der Waals surface area contributed by atoms with E-state index in [1.54, 1.807) is 29.0 Å². The summed E-state index contributed by atoms with van der Waals surface area (Å²) in [6.45, 7) is 0.267. The number of nitrogens with one attached hydrogen (secondary N) is 1. The monoisotopic (exact) mass is 519 g/mol. The average Bonchev–Trinajstić information content (AvgIpc) is 3.26. The van der Waals surface area contributed by atoms with E-state index < -0.39 is 12.1 Å². The van der Waals surface area contributed by atoms with E-state index in [1.165, 1.54) is 0 Å². The number of amides is 2. The number of nitrogens with zero attached hydrogens (tertiary/aromatic N) is 2. The lowest BCUT2D eigenvalue weighted by Gasteiger charge is -2.47. The van der Waals surface area contributed by atoms with Gasteiger partial charge in [0.15, 0.2) is 0 Å². The molecule has 0 radical (unpaired) electrons. The highest BCUT2D eigenvalue weighted by atomic mass is 35.5.